The second-order valence-corrected chi connectivity index (χ2v) is 5.48. The minimum atomic E-state index is -1.02. The van der Waals surface area contributed by atoms with Gasteiger partial charge < -0.3 is 15.2 Å². The highest BCUT2D eigenvalue weighted by Crippen LogP contribution is 2.38. The third-order valence-corrected chi connectivity index (χ3v) is 4.00. The molecule has 0 amide bonds. The van der Waals surface area contributed by atoms with Crippen molar-refractivity contribution in [2.24, 2.45) is 0 Å². The standard InChI is InChI=1S/C16H15ClN2O3/c17-12-4-1-3-11-10(12)6-7-13(11)19-16-14(5-2-8-18-16)22-9-15(20)21/h1-5,8,13H,6-7,9H2,(H,18,19)(H,20,21)/t13-/m0/s1. The smallest absolute Gasteiger partial charge is 0.341 e. The quantitative estimate of drug-likeness (QED) is 0.885. The first kappa shape index (κ1) is 14.7. The van der Waals surface area contributed by atoms with Crippen LogP contribution in [-0.2, 0) is 11.2 Å². The number of aliphatic carboxylic acids is 1. The van der Waals surface area contributed by atoms with Crippen LogP contribution in [0.4, 0.5) is 5.82 Å². The van der Waals surface area contributed by atoms with Gasteiger partial charge in [0.15, 0.2) is 18.2 Å². The molecule has 22 heavy (non-hydrogen) atoms. The lowest BCUT2D eigenvalue weighted by Gasteiger charge is -2.17. The Morgan fingerprint density at radius 1 is 1.41 bits per heavy atom. The first-order valence-corrected chi connectivity index (χ1v) is 7.36. The fourth-order valence-corrected chi connectivity index (χ4v) is 2.96. The largest absolute Gasteiger partial charge is 0.479 e. The van der Waals surface area contributed by atoms with Crippen LogP contribution in [0, 0.1) is 0 Å². The second-order valence-electron chi connectivity index (χ2n) is 5.08. The molecule has 1 aliphatic rings. The summed E-state index contributed by atoms with van der Waals surface area (Å²) in [6, 6.07) is 9.38. The van der Waals surface area contributed by atoms with E-state index < -0.39 is 12.6 Å². The van der Waals surface area contributed by atoms with Gasteiger partial charge >= 0.3 is 5.97 Å². The number of fused-ring (bicyclic) bond motifs is 1. The summed E-state index contributed by atoms with van der Waals surface area (Å²) < 4.78 is 5.27. The van der Waals surface area contributed by atoms with Crippen molar-refractivity contribution in [1.82, 2.24) is 4.98 Å². The average Bonchev–Trinajstić information content (AvgIpc) is 2.91. The lowest BCUT2D eigenvalue weighted by molar-refractivity contribution is -0.139. The van der Waals surface area contributed by atoms with Crippen LogP contribution in [-0.4, -0.2) is 22.7 Å². The molecule has 6 heteroatoms. The third-order valence-electron chi connectivity index (χ3n) is 3.65. The number of halogens is 1. The predicted molar refractivity (Wildman–Crippen MR) is 83.5 cm³/mol. The molecule has 1 aromatic heterocycles. The molecule has 3 rings (SSSR count). The van der Waals surface area contributed by atoms with E-state index in [0.717, 1.165) is 29.0 Å². The minimum Gasteiger partial charge on any atom is -0.479 e. The predicted octanol–water partition coefficient (Wildman–Crippen LogP) is 3.30. The molecule has 0 saturated carbocycles. The van der Waals surface area contributed by atoms with Crippen molar-refractivity contribution in [1.29, 1.82) is 0 Å². The lowest BCUT2D eigenvalue weighted by Crippen LogP contribution is -2.13. The summed E-state index contributed by atoms with van der Waals surface area (Å²) in [6.45, 7) is -0.395. The zero-order chi connectivity index (χ0) is 15.5. The molecule has 0 unspecified atom stereocenters. The van der Waals surface area contributed by atoms with E-state index in [-0.39, 0.29) is 6.04 Å². The van der Waals surface area contributed by atoms with E-state index >= 15 is 0 Å². The topological polar surface area (TPSA) is 71.5 Å². The van der Waals surface area contributed by atoms with E-state index in [2.05, 4.69) is 10.3 Å². The molecule has 1 aromatic carbocycles. The number of hydrogen-bond acceptors (Lipinski definition) is 4. The van der Waals surface area contributed by atoms with Gasteiger partial charge in [0.2, 0.25) is 0 Å². The number of hydrogen-bond donors (Lipinski definition) is 2. The van der Waals surface area contributed by atoms with Gasteiger partial charge in [0.1, 0.15) is 0 Å². The fourth-order valence-electron chi connectivity index (χ4n) is 2.68. The van der Waals surface area contributed by atoms with Gasteiger partial charge in [-0.25, -0.2) is 9.78 Å². The number of rotatable bonds is 5. The van der Waals surface area contributed by atoms with Gasteiger partial charge in [-0.1, -0.05) is 23.7 Å². The van der Waals surface area contributed by atoms with E-state index in [9.17, 15) is 4.79 Å². The summed E-state index contributed by atoms with van der Waals surface area (Å²) in [6.07, 6.45) is 3.46. The first-order valence-electron chi connectivity index (χ1n) is 6.98. The third kappa shape index (κ3) is 2.99. The highest BCUT2D eigenvalue weighted by Gasteiger charge is 2.25. The zero-order valence-electron chi connectivity index (χ0n) is 11.8. The van der Waals surface area contributed by atoms with Crippen LogP contribution in [0.5, 0.6) is 5.75 Å². The number of nitrogens with zero attached hydrogens (tertiary/aromatic N) is 1. The molecule has 0 aliphatic heterocycles. The van der Waals surface area contributed by atoms with E-state index in [1.54, 1.807) is 18.3 Å². The Bertz CT molecular complexity index is 706. The highest BCUT2D eigenvalue weighted by molar-refractivity contribution is 6.31. The van der Waals surface area contributed by atoms with E-state index in [1.165, 1.54) is 0 Å². The molecule has 0 radical (unpaired) electrons. The number of carboxylic acids is 1. The molecule has 1 heterocycles. The number of carboxylic acid groups (broad SMARTS) is 1. The SMILES string of the molecule is O=C(O)COc1cccnc1N[C@H]1CCc2c(Cl)cccc21. The van der Waals surface area contributed by atoms with Gasteiger partial charge in [0.05, 0.1) is 6.04 Å². The summed E-state index contributed by atoms with van der Waals surface area (Å²) in [5, 5.41) is 12.8. The molecule has 0 spiro atoms. The molecule has 0 saturated heterocycles. The van der Waals surface area contributed by atoms with E-state index in [4.69, 9.17) is 21.4 Å². The van der Waals surface area contributed by atoms with Crippen LogP contribution in [0.3, 0.4) is 0 Å². The van der Waals surface area contributed by atoms with Gasteiger partial charge in [0.25, 0.3) is 0 Å². The van der Waals surface area contributed by atoms with Gasteiger partial charge in [0, 0.05) is 11.2 Å². The van der Waals surface area contributed by atoms with Crippen molar-refractivity contribution in [2.45, 2.75) is 18.9 Å². The van der Waals surface area contributed by atoms with Crippen LogP contribution < -0.4 is 10.1 Å². The van der Waals surface area contributed by atoms with Crippen LogP contribution in [0.1, 0.15) is 23.6 Å². The van der Waals surface area contributed by atoms with Crippen molar-refractivity contribution in [2.75, 3.05) is 11.9 Å². The van der Waals surface area contributed by atoms with Crippen LogP contribution >= 0.6 is 11.6 Å². The number of anilines is 1. The number of pyridine rings is 1. The van der Waals surface area contributed by atoms with Crippen molar-refractivity contribution >= 4 is 23.4 Å². The first-order chi connectivity index (χ1) is 10.6. The summed E-state index contributed by atoms with van der Waals surface area (Å²) in [5.41, 5.74) is 2.31. The molecule has 0 fully saturated rings. The Morgan fingerprint density at radius 3 is 3.09 bits per heavy atom. The normalized spacial score (nSPS) is 16.1. The highest BCUT2D eigenvalue weighted by atomic mass is 35.5. The van der Waals surface area contributed by atoms with Crippen molar-refractivity contribution in [3.8, 4) is 5.75 Å². The van der Waals surface area contributed by atoms with Crippen LogP contribution in [0.2, 0.25) is 5.02 Å². The van der Waals surface area contributed by atoms with Gasteiger partial charge in [-0.3, -0.25) is 0 Å². The fraction of sp³-hybridized carbons (Fsp3) is 0.250. The van der Waals surface area contributed by atoms with Crippen molar-refractivity contribution < 1.29 is 14.6 Å². The molecule has 114 valence electrons. The van der Waals surface area contributed by atoms with Crippen LogP contribution in [0.15, 0.2) is 36.5 Å². The Kier molecular flexibility index (Phi) is 4.15. The van der Waals surface area contributed by atoms with E-state index in [1.807, 2.05) is 18.2 Å². The molecule has 5 nitrogen and oxygen atoms in total. The van der Waals surface area contributed by atoms with Crippen molar-refractivity contribution in [3.05, 3.63) is 52.7 Å². The number of carbonyl (C=O) groups is 1. The Labute approximate surface area is 132 Å². The summed E-state index contributed by atoms with van der Waals surface area (Å²) in [5.74, 6) is -0.0465. The van der Waals surface area contributed by atoms with Gasteiger partial charge in [-0.05, 0) is 42.2 Å². The molecule has 1 atom stereocenters. The molecule has 0 bridgehead atoms. The second kappa shape index (κ2) is 6.23. The Morgan fingerprint density at radius 2 is 2.27 bits per heavy atom. The number of ether oxygens (including phenoxy) is 1. The van der Waals surface area contributed by atoms with Gasteiger partial charge in [-0.15, -0.1) is 0 Å². The zero-order valence-corrected chi connectivity index (χ0v) is 12.5. The lowest BCUT2D eigenvalue weighted by atomic mass is 10.1. The van der Waals surface area contributed by atoms with Crippen molar-refractivity contribution in [3.63, 3.8) is 0 Å². The Hall–Kier alpha value is -2.27. The molecular formula is C16H15ClN2O3. The molecule has 1 aliphatic carbocycles. The molecule has 2 N–H and O–H groups in total. The minimum absolute atomic E-state index is 0.0933. The average molecular weight is 319 g/mol. The number of benzene rings is 1. The summed E-state index contributed by atoms with van der Waals surface area (Å²) >= 11 is 6.22. The Balaban J connectivity index is 1.81. The van der Waals surface area contributed by atoms with Crippen LogP contribution in [0.25, 0.3) is 0 Å². The molecule has 2 aromatic rings. The summed E-state index contributed by atoms with van der Waals surface area (Å²) in [4.78, 5) is 14.9. The maximum atomic E-state index is 10.6. The number of aromatic nitrogens is 1. The molecular weight excluding hydrogens is 304 g/mol. The monoisotopic (exact) mass is 318 g/mol. The number of nitrogens with one attached hydrogen (secondary N) is 1. The van der Waals surface area contributed by atoms with Gasteiger partial charge in [-0.2, -0.15) is 0 Å². The maximum Gasteiger partial charge on any atom is 0.341 e. The maximum absolute atomic E-state index is 10.6. The summed E-state index contributed by atoms with van der Waals surface area (Å²) in [7, 11) is 0. The van der Waals surface area contributed by atoms with E-state index in [0.29, 0.717) is 11.6 Å².